The Kier molecular flexibility index (Phi) is 3.21. The van der Waals surface area contributed by atoms with Crippen molar-refractivity contribution in [3.63, 3.8) is 0 Å². The number of hydrogen-bond donors (Lipinski definition) is 1. The Hall–Kier alpha value is -2.41. The lowest BCUT2D eigenvalue weighted by Gasteiger charge is -2.56. The second kappa shape index (κ2) is 5.55. The smallest absolute Gasteiger partial charge is 0.182 e. The van der Waals surface area contributed by atoms with Gasteiger partial charge in [-0.15, -0.1) is 5.10 Å². The van der Waals surface area contributed by atoms with Gasteiger partial charge in [0.1, 0.15) is 0 Å². The first-order valence-corrected chi connectivity index (χ1v) is 9.94. The summed E-state index contributed by atoms with van der Waals surface area (Å²) in [7, 11) is 0. The normalized spacial score (nSPS) is 32.9. The Balaban J connectivity index is 1.44. The van der Waals surface area contributed by atoms with Crippen molar-refractivity contribution in [2.45, 2.75) is 50.1 Å². The largest absolute Gasteiger partial charge is 0.318 e. The average Bonchev–Trinajstić information content (AvgIpc) is 3.11. The summed E-state index contributed by atoms with van der Waals surface area (Å²) >= 11 is 0. The zero-order valence-electron chi connectivity index (χ0n) is 15.2. The molecule has 3 aromatic rings. The fourth-order valence-electron chi connectivity index (χ4n) is 6.24. The number of nitrogens with zero attached hydrogens (tertiary/aromatic N) is 6. The molecule has 0 aromatic carbocycles. The van der Waals surface area contributed by atoms with Gasteiger partial charge in [0.25, 0.3) is 0 Å². The zero-order chi connectivity index (χ0) is 18.0. The highest BCUT2D eigenvalue weighted by Gasteiger charge is 2.53. The minimum atomic E-state index is -0.400. The summed E-state index contributed by atoms with van der Waals surface area (Å²) in [5.41, 5.74) is 9.01. The van der Waals surface area contributed by atoms with Crippen LogP contribution < -0.4 is 5.73 Å². The molecule has 0 amide bonds. The molecule has 3 heterocycles. The molecule has 1 atom stereocenters. The van der Waals surface area contributed by atoms with Crippen LogP contribution in [0.1, 0.15) is 56.0 Å². The molecule has 2 N–H and O–H groups in total. The predicted molar refractivity (Wildman–Crippen MR) is 99.5 cm³/mol. The van der Waals surface area contributed by atoms with Gasteiger partial charge in [-0.3, -0.25) is 4.98 Å². The molecule has 7 rings (SSSR count). The van der Waals surface area contributed by atoms with Crippen LogP contribution in [-0.2, 0) is 5.54 Å². The Morgan fingerprint density at radius 1 is 1.07 bits per heavy atom. The molecule has 4 aliphatic rings. The number of pyridine rings is 1. The van der Waals surface area contributed by atoms with E-state index in [0.717, 1.165) is 34.5 Å². The molecule has 7 heteroatoms. The van der Waals surface area contributed by atoms with E-state index in [1.54, 1.807) is 18.6 Å². The molecule has 4 saturated carbocycles. The topological polar surface area (TPSA) is 95.4 Å². The third-order valence-electron chi connectivity index (χ3n) is 6.99. The SMILES string of the molecule is NC(c1cccnc1)c1ncc2nnn(C34CC5CC(CC(C5)C3)C4)c2n1. The Morgan fingerprint density at radius 2 is 1.81 bits per heavy atom. The minimum Gasteiger partial charge on any atom is -0.318 e. The molecule has 7 nitrogen and oxygen atoms in total. The fraction of sp³-hybridized carbons (Fsp3) is 0.550. The number of hydrogen-bond acceptors (Lipinski definition) is 6. The van der Waals surface area contributed by atoms with Crippen molar-refractivity contribution in [2.24, 2.45) is 23.5 Å². The minimum absolute atomic E-state index is 0.0908. The van der Waals surface area contributed by atoms with Gasteiger partial charge in [-0.25, -0.2) is 14.6 Å². The number of nitrogens with two attached hydrogens (primary N) is 1. The van der Waals surface area contributed by atoms with Crippen molar-refractivity contribution >= 4 is 11.2 Å². The van der Waals surface area contributed by atoms with Gasteiger partial charge >= 0.3 is 0 Å². The van der Waals surface area contributed by atoms with Gasteiger partial charge in [0, 0.05) is 12.4 Å². The van der Waals surface area contributed by atoms with Crippen LogP contribution in [0.15, 0.2) is 30.7 Å². The van der Waals surface area contributed by atoms with Crippen LogP contribution >= 0.6 is 0 Å². The van der Waals surface area contributed by atoms with E-state index in [4.69, 9.17) is 10.7 Å². The van der Waals surface area contributed by atoms with E-state index in [1.165, 1.54) is 38.5 Å². The first kappa shape index (κ1) is 15.6. The zero-order valence-corrected chi connectivity index (χ0v) is 15.2. The molecule has 0 spiro atoms. The molecule has 0 saturated heterocycles. The van der Waals surface area contributed by atoms with Crippen molar-refractivity contribution in [3.05, 3.63) is 42.1 Å². The second-order valence-corrected chi connectivity index (χ2v) is 8.84. The monoisotopic (exact) mass is 361 g/mol. The van der Waals surface area contributed by atoms with Crippen molar-refractivity contribution in [3.8, 4) is 0 Å². The molecule has 138 valence electrons. The van der Waals surface area contributed by atoms with Crippen LogP contribution in [0.2, 0.25) is 0 Å². The lowest BCUT2D eigenvalue weighted by atomic mass is 9.53. The van der Waals surface area contributed by atoms with Crippen LogP contribution in [0.5, 0.6) is 0 Å². The van der Waals surface area contributed by atoms with Crippen LogP contribution in [0.4, 0.5) is 0 Å². The highest BCUT2D eigenvalue weighted by atomic mass is 15.5. The maximum absolute atomic E-state index is 6.42. The van der Waals surface area contributed by atoms with Gasteiger partial charge in [-0.2, -0.15) is 0 Å². The lowest BCUT2D eigenvalue weighted by Crippen LogP contribution is -2.52. The maximum Gasteiger partial charge on any atom is 0.182 e. The Morgan fingerprint density at radius 3 is 2.48 bits per heavy atom. The van der Waals surface area contributed by atoms with Crippen molar-refractivity contribution in [2.75, 3.05) is 0 Å². The van der Waals surface area contributed by atoms with Gasteiger partial charge in [-0.05, 0) is 67.9 Å². The molecule has 0 aliphatic heterocycles. The Labute approximate surface area is 157 Å². The summed E-state index contributed by atoms with van der Waals surface area (Å²) in [5.74, 6) is 3.13. The van der Waals surface area contributed by atoms with Crippen LogP contribution in [0.25, 0.3) is 11.2 Å². The van der Waals surface area contributed by atoms with Gasteiger partial charge in [-0.1, -0.05) is 11.3 Å². The van der Waals surface area contributed by atoms with E-state index in [2.05, 4.69) is 25.0 Å². The number of aromatic nitrogens is 6. The molecule has 0 radical (unpaired) electrons. The number of rotatable bonds is 3. The molecule has 1 unspecified atom stereocenters. The molecule has 4 fully saturated rings. The quantitative estimate of drug-likeness (QED) is 0.770. The summed E-state index contributed by atoms with van der Waals surface area (Å²) in [6.45, 7) is 0. The Bertz CT molecular complexity index is 961. The summed E-state index contributed by atoms with van der Waals surface area (Å²) in [4.78, 5) is 13.5. The van der Waals surface area contributed by atoms with Gasteiger partial charge in [0.05, 0.1) is 17.8 Å². The second-order valence-electron chi connectivity index (χ2n) is 8.84. The van der Waals surface area contributed by atoms with Crippen LogP contribution in [0.3, 0.4) is 0 Å². The van der Waals surface area contributed by atoms with Gasteiger partial charge in [0.15, 0.2) is 17.0 Å². The van der Waals surface area contributed by atoms with E-state index in [0.29, 0.717) is 5.82 Å². The lowest BCUT2D eigenvalue weighted by molar-refractivity contribution is -0.0482. The highest BCUT2D eigenvalue weighted by Crippen LogP contribution is 2.58. The van der Waals surface area contributed by atoms with Crippen LogP contribution in [0, 0.1) is 17.8 Å². The first-order chi connectivity index (χ1) is 13.2. The molecule has 4 bridgehead atoms. The van der Waals surface area contributed by atoms with Gasteiger partial charge < -0.3 is 5.73 Å². The molecule has 3 aromatic heterocycles. The molecular weight excluding hydrogens is 338 g/mol. The first-order valence-electron chi connectivity index (χ1n) is 9.94. The van der Waals surface area contributed by atoms with E-state index in [-0.39, 0.29) is 5.54 Å². The van der Waals surface area contributed by atoms with E-state index in [9.17, 15) is 0 Å². The fourth-order valence-corrected chi connectivity index (χ4v) is 6.24. The third-order valence-corrected chi connectivity index (χ3v) is 6.99. The van der Waals surface area contributed by atoms with Crippen molar-refractivity contribution < 1.29 is 0 Å². The standard InChI is InChI=1S/C20H23N7/c21-17(15-2-1-3-22-10-15)18-23-11-16-19(24-18)27(26-25-16)20-7-12-4-13(8-20)6-14(5-12)9-20/h1-3,10-14,17H,4-9,21H2. The van der Waals surface area contributed by atoms with E-state index >= 15 is 0 Å². The molecule has 4 aliphatic carbocycles. The molecular formula is C20H23N7. The molecule has 27 heavy (non-hydrogen) atoms. The summed E-state index contributed by atoms with van der Waals surface area (Å²) in [6, 6.07) is 3.44. The van der Waals surface area contributed by atoms with Crippen molar-refractivity contribution in [1.29, 1.82) is 0 Å². The summed E-state index contributed by atoms with van der Waals surface area (Å²) in [5, 5.41) is 8.95. The van der Waals surface area contributed by atoms with E-state index < -0.39 is 6.04 Å². The van der Waals surface area contributed by atoms with E-state index in [1.807, 2.05) is 12.1 Å². The summed E-state index contributed by atoms with van der Waals surface area (Å²) in [6.07, 6.45) is 13.1. The number of fused-ring (bicyclic) bond motifs is 1. The maximum atomic E-state index is 6.42. The highest BCUT2D eigenvalue weighted by molar-refractivity contribution is 5.68. The average molecular weight is 361 g/mol. The van der Waals surface area contributed by atoms with Crippen LogP contribution in [-0.4, -0.2) is 29.9 Å². The van der Waals surface area contributed by atoms with Crippen molar-refractivity contribution in [1.82, 2.24) is 29.9 Å². The van der Waals surface area contributed by atoms with Gasteiger partial charge in [0.2, 0.25) is 0 Å². The predicted octanol–water partition coefficient (Wildman–Crippen LogP) is 2.59. The third kappa shape index (κ3) is 2.34. The summed E-state index contributed by atoms with van der Waals surface area (Å²) < 4.78 is 2.13.